The van der Waals surface area contributed by atoms with Crippen LogP contribution in [0.1, 0.15) is 225 Å². The molecule has 6 rings (SSSR count). The van der Waals surface area contributed by atoms with Gasteiger partial charge in [0.1, 0.15) is 72.8 Å². The van der Waals surface area contributed by atoms with E-state index >= 15 is 14.4 Å². The van der Waals surface area contributed by atoms with Gasteiger partial charge in [0.15, 0.2) is 17.6 Å². The van der Waals surface area contributed by atoms with Crippen molar-refractivity contribution in [3.8, 4) is 0 Å². The van der Waals surface area contributed by atoms with Crippen molar-refractivity contribution in [1.82, 2.24) is 79.0 Å². The minimum atomic E-state index is -1.75. The number of hydrogen-bond donors (Lipinski definition) is 22. The smallest absolute Gasteiger partial charge is 0.303 e. The average Bonchev–Trinajstić information content (AvgIpc) is 1.74. The number of H-pyrrole nitrogens is 1. The Labute approximate surface area is 786 Å². The van der Waals surface area contributed by atoms with E-state index < -0.39 is 207 Å². The van der Waals surface area contributed by atoms with Crippen LogP contribution in [0.5, 0.6) is 0 Å². The highest BCUT2D eigenvalue weighted by molar-refractivity contribution is 6.01. The van der Waals surface area contributed by atoms with Gasteiger partial charge in [-0.05, 0) is 87.8 Å². The number of benzene rings is 2. The summed E-state index contributed by atoms with van der Waals surface area (Å²) in [5.74, 6) is -13.6. The number of fused-ring (bicyclic) bond motifs is 2. The van der Waals surface area contributed by atoms with Gasteiger partial charge in [0.2, 0.25) is 76.8 Å². The number of aliphatic imine (C=N–C) groups is 1. The van der Waals surface area contributed by atoms with Crippen LogP contribution in [0.4, 0.5) is 0 Å². The number of aromatic amines is 1. The molecule has 42 nitrogen and oxygen atoms in total. The van der Waals surface area contributed by atoms with Crippen LogP contribution >= 0.6 is 0 Å². The van der Waals surface area contributed by atoms with Crippen molar-refractivity contribution >= 4 is 123 Å². The number of rotatable bonds is 55. The summed E-state index contributed by atoms with van der Waals surface area (Å²) in [7, 11) is 0. The third kappa shape index (κ3) is 42.5. The summed E-state index contributed by atoms with van der Waals surface area (Å²) >= 11 is 0. The van der Waals surface area contributed by atoms with Gasteiger partial charge in [-0.1, -0.05) is 152 Å². The molecule has 0 bridgehead atoms. The van der Waals surface area contributed by atoms with E-state index in [1.54, 1.807) is 55.6 Å². The van der Waals surface area contributed by atoms with Crippen molar-refractivity contribution < 1.29 is 107 Å². The molecule has 2 aromatic carbocycles. The molecular weight excluding hydrogens is 1750 g/mol. The van der Waals surface area contributed by atoms with Gasteiger partial charge < -0.3 is 120 Å². The van der Waals surface area contributed by atoms with Gasteiger partial charge in [-0.25, -0.2) is 0 Å². The van der Waals surface area contributed by atoms with E-state index in [4.69, 9.17) is 36.9 Å². The molecule has 0 spiro atoms. The summed E-state index contributed by atoms with van der Waals surface area (Å²) in [4.78, 5) is 232. The molecule has 0 saturated carbocycles. The molecule has 2 fully saturated rings. The summed E-state index contributed by atoms with van der Waals surface area (Å²) in [5, 5.41) is 90.5. The van der Waals surface area contributed by atoms with Crippen LogP contribution in [0.3, 0.4) is 0 Å². The number of aliphatic carboxylic acids is 1. The number of carbonyl (C=O) groups excluding carboxylic acids is 15. The van der Waals surface area contributed by atoms with E-state index in [-0.39, 0.29) is 140 Å². The fourth-order valence-electron chi connectivity index (χ4n) is 15.9. The predicted octanol–water partition coefficient (Wildman–Crippen LogP) is 1.19. The topological polar surface area (TPSA) is 660 Å². The lowest BCUT2D eigenvalue weighted by molar-refractivity contribution is -0.143. The third-order valence-corrected chi connectivity index (χ3v) is 23.5. The number of nitrogens with two attached hydrogens (primary N) is 2. The van der Waals surface area contributed by atoms with E-state index in [0.717, 1.165) is 86.4 Å². The highest BCUT2D eigenvalue weighted by Gasteiger charge is 2.44. The van der Waals surface area contributed by atoms with Gasteiger partial charge in [-0.2, -0.15) is 0 Å². The monoisotopic (exact) mass is 1890 g/mol. The zero-order chi connectivity index (χ0) is 98.6. The largest absolute Gasteiger partial charge is 0.497 e. The number of ether oxygens (including phenoxy) is 2. The van der Waals surface area contributed by atoms with Gasteiger partial charge in [-0.15, -0.1) is 0 Å². The number of carbonyl (C=O) groups is 16. The SMILES string of the molecule is CCCC[C@H](NC(=O)[C@H](CN)NC(=O)[C@H](CC1=CCC=N1)NC(=O)[C@H](CCC(=N)O)NC(=O)[C@H](CO)NC(=O)CNC(=O)COCCOCCNC(=O)CCCCCCC(C)CCCCCCCC(=O)O)C(=O)N[C@H]1CCC(=O)CCCCC[C@@H](C(C)=O)NC(=O)[C@H](Cc2c[nH]c3ccccc23)NC(=O)[C@H](CCCNC(=N)N)NC(=O)[C@@H](Cc2ccccc2)NC(=O)[C@@H]2C[C@@H](O)CN2C1=O. The lowest BCUT2D eigenvalue weighted by atomic mass is 9.96. The Kier molecular flexibility index (Phi) is 51.0. The molecule has 2 saturated heterocycles. The van der Waals surface area contributed by atoms with Crippen LogP contribution in [-0.2, 0) is 99.0 Å². The second-order valence-corrected chi connectivity index (χ2v) is 34.6. The number of allylic oxidation sites excluding steroid dienone is 1. The average molecular weight is 1890 g/mol. The van der Waals surface area contributed by atoms with Crippen molar-refractivity contribution in [2.45, 2.75) is 299 Å². The Balaban J connectivity index is 1.09. The number of aromatic nitrogens is 1. The quantitative estimate of drug-likeness (QED) is 0.0214. The Morgan fingerprint density at radius 2 is 1.22 bits per heavy atom. The predicted molar refractivity (Wildman–Crippen MR) is 500 cm³/mol. The first kappa shape index (κ1) is 112. The Hall–Kier alpha value is -12.2. The van der Waals surface area contributed by atoms with Gasteiger partial charge in [0, 0.05) is 119 Å². The van der Waals surface area contributed by atoms with Gasteiger partial charge in [0.05, 0.1) is 45.1 Å². The number of amides is 13. The number of unbranched alkanes of at least 4 members (excludes halogenated alkanes) is 8. The van der Waals surface area contributed by atoms with Gasteiger partial charge in [-0.3, -0.25) is 92.5 Å². The standard InChI is InChI=1S/C93H142N20O22/c1-4-5-32-68(106-89(130)75(52-94)112-88(129)74(50-62-29-23-42-98-62)110-85(126)70(40-41-78(95)118)107-90(131)76(56-114)103-80(120)54-102-81(121)57-135-47-46-134-45-44-99-79(119)36-19-10-9-14-26-58(2)25-13-7-6-8-20-37-82(122)123)83(124)108-71-39-38-63(116)30-17-12-18-33-66(59(3)115)104-87(128)73(49-61-53-101-67-34-22-21-31-65(61)67)109-84(125)69(35-24-43-100-93(96)97)105-86(127)72(48-60-27-15-11-16-28-60)111-91(132)77-51-64(117)55-113(77)92(71)133/h11,15-16,21-22,27-29,31,34,42,53,58,64,66,68-77,101,114,117H,4-10,12-14,17-20,23-26,30,32-33,35-41,43-52,54-57,94H2,1-3H3,(H2,95,118)(H,99,119)(H,102,121)(H,103,120)(H,104,128)(H,105,127)(H,106,130)(H,107,131)(H,108,124)(H,109,125)(H,110,126)(H,111,132)(H,112,129)(H,122,123)(H4,96,97,100)/t58?,64-,66+,68+,69+,70+,71+,72-,73+,74+,75+,76+,77+/m1/s1. The highest BCUT2D eigenvalue weighted by atomic mass is 16.5. The first-order valence-electron chi connectivity index (χ1n) is 47.2. The van der Waals surface area contributed by atoms with Crippen molar-refractivity contribution in [1.29, 1.82) is 10.8 Å². The highest BCUT2D eigenvalue weighted by Crippen LogP contribution is 2.26. The molecule has 746 valence electrons. The molecule has 4 heterocycles. The maximum absolute atomic E-state index is 15.4. The molecule has 3 aromatic rings. The first-order valence-corrected chi connectivity index (χ1v) is 47.2. The fraction of sp³-hybridized carbons (Fsp3) is 0.624. The number of carboxylic acid groups (broad SMARTS) is 1. The first-order chi connectivity index (χ1) is 64.7. The zero-order valence-corrected chi connectivity index (χ0v) is 77.8. The molecule has 1 unspecified atom stereocenters. The summed E-state index contributed by atoms with van der Waals surface area (Å²) in [6, 6.07) is -1.03. The minimum absolute atomic E-state index is 0.0171. The number of nitrogens with zero attached hydrogens (tertiary/aromatic N) is 2. The fourth-order valence-corrected chi connectivity index (χ4v) is 15.9. The summed E-state index contributed by atoms with van der Waals surface area (Å²) in [6.45, 7) is 2.59. The van der Waals surface area contributed by atoms with Crippen LogP contribution < -0.4 is 80.6 Å². The van der Waals surface area contributed by atoms with Crippen LogP contribution in [0, 0.1) is 16.7 Å². The van der Waals surface area contributed by atoms with E-state index in [9.17, 15) is 77.6 Å². The minimum Gasteiger partial charge on any atom is -0.497 e. The van der Waals surface area contributed by atoms with E-state index in [1.165, 1.54) is 13.1 Å². The lowest BCUT2D eigenvalue weighted by Gasteiger charge is -2.31. The Morgan fingerprint density at radius 1 is 0.600 bits per heavy atom. The molecular formula is C93H142N20O22. The van der Waals surface area contributed by atoms with E-state index in [1.807, 2.05) is 18.2 Å². The number of hydrogen-bond acceptors (Lipinski definition) is 24. The number of Topliss-reactive ketones (excluding diaryl/α,β-unsaturated/α-hetero) is 2. The zero-order valence-electron chi connectivity index (χ0n) is 77.8. The number of aliphatic hydroxyl groups is 3. The van der Waals surface area contributed by atoms with Crippen molar-refractivity contribution in [2.24, 2.45) is 22.4 Å². The third-order valence-electron chi connectivity index (χ3n) is 23.5. The normalized spacial score (nSPS) is 19.5. The number of para-hydroxylation sites is 1. The van der Waals surface area contributed by atoms with Gasteiger partial charge in [0.25, 0.3) is 0 Å². The number of ketones is 2. The summed E-state index contributed by atoms with van der Waals surface area (Å²) in [6.07, 6.45) is 14.6. The molecule has 1 aromatic heterocycles. The number of aliphatic hydroxyl groups excluding tert-OH is 3. The van der Waals surface area contributed by atoms with Crippen LogP contribution in [-0.4, -0.2) is 281 Å². The molecule has 13 atom stereocenters. The maximum Gasteiger partial charge on any atom is 0.303 e. The second-order valence-electron chi connectivity index (χ2n) is 34.6. The van der Waals surface area contributed by atoms with E-state index in [2.05, 4.69) is 86.0 Å². The second kappa shape index (κ2) is 61.7. The summed E-state index contributed by atoms with van der Waals surface area (Å²) < 4.78 is 10.8. The number of nitrogens with one attached hydrogen (secondary N) is 16. The number of carboxylic acids is 1. The molecule has 0 aliphatic carbocycles. The maximum atomic E-state index is 15.4. The molecule has 42 heteroatoms. The molecule has 3 aliphatic heterocycles. The van der Waals surface area contributed by atoms with Crippen LogP contribution in [0.25, 0.3) is 10.9 Å². The van der Waals surface area contributed by atoms with Crippen LogP contribution in [0.15, 0.2) is 77.6 Å². The van der Waals surface area contributed by atoms with Crippen molar-refractivity contribution in [2.75, 3.05) is 65.8 Å². The van der Waals surface area contributed by atoms with E-state index in [0.29, 0.717) is 54.8 Å². The molecule has 13 amide bonds. The molecule has 135 heavy (non-hydrogen) atoms. The molecule has 3 aliphatic rings. The Bertz CT molecular complexity index is 4470. The van der Waals surface area contributed by atoms with Crippen molar-refractivity contribution in [3.05, 3.63) is 83.7 Å². The summed E-state index contributed by atoms with van der Waals surface area (Å²) in [5.41, 5.74) is 14.0. The number of guanidine groups is 1. The Morgan fingerprint density at radius 3 is 1.90 bits per heavy atom. The molecule has 0 radical (unpaired) electrons. The van der Waals surface area contributed by atoms with Crippen molar-refractivity contribution in [3.63, 3.8) is 0 Å². The van der Waals surface area contributed by atoms with Gasteiger partial charge >= 0.3 is 5.97 Å². The lowest BCUT2D eigenvalue weighted by Crippen LogP contribution is -2.61. The van der Waals surface area contributed by atoms with Crippen LogP contribution in [0.2, 0.25) is 0 Å². The molecule has 24 N–H and O–H groups in total.